The average molecular weight is 1140 g/mol. The summed E-state index contributed by atoms with van der Waals surface area (Å²) >= 11 is 0. The lowest BCUT2D eigenvalue weighted by Crippen LogP contribution is -2.45. The molecule has 0 bridgehead atoms. The molecule has 1 amide bonds. The van der Waals surface area contributed by atoms with Crippen molar-refractivity contribution in [2.45, 2.75) is 418 Å². The number of hydrogen-bond acceptors (Lipinski definition) is 5. The van der Waals surface area contributed by atoms with Crippen molar-refractivity contribution in [3.05, 3.63) is 36.5 Å². The Morgan fingerprint density at radius 3 is 0.975 bits per heavy atom. The molecule has 0 spiro atoms. The lowest BCUT2D eigenvalue weighted by molar-refractivity contribution is -0.143. The van der Waals surface area contributed by atoms with Crippen LogP contribution in [0.4, 0.5) is 0 Å². The Morgan fingerprint density at radius 2 is 0.617 bits per heavy atom. The maximum Gasteiger partial charge on any atom is 0.305 e. The van der Waals surface area contributed by atoms with Crippen molar-refractivity contribution in [1.29, 1.82) is 0 Å². The predicted octanol–water partition coefficient (Wildman–Crippen LogP) is 23.9. The van der Waals surface area contributed by atoms with Crippen molar-refractivity contribution in [3.8, 4) is 0 Å². The number of nitrogens with one attached hydrogen (secondary N) is 1. The average Bonchev–Trinajstić information content (AvgIpc) is 3.47. The smallest absolute Gasteiger partial charge is 0.305 e. The van der Waals surface area contributed by atoms with Crippen molar-refractivity contribution in [3.63, 3.8) is 0 Å². The summed E-state index contributed by atoms with van der Waals surface area (Å²) in [5.74, 6) is -0.0219. The number of aliphatic hydroxyl groups excluding tert-OH is 2. The third-order valence-electron chi connectivity index (χ3n) is 17.2. The fourth-order valence-corrected chi connectivity index (χ4v) is 11.6. The molecule has 3 N–H and O–H groups in total. The zero-order valence-corrected chi connectivity index (χ0v) is 54.8. The van der Waals surface area contributed by atoms with E-state index in [1.165, 1.54) is 321 Å². The minimum Gasteiger partial charge on any atom is -0.466 e. The van der Waals surface area contributed by atoms with Crippen molar-refractivity contribution in [2.24, 2.45) is 0 Å². The van der Waals surface area contributed by atoms with Gasteiger partial charge in [-0.15, -0.1) is 0 Å². The minimum atomic E-state index is -0.659. The highest BCUT2D eigenvalue weighted by Gasteiger charge is 2.20. The molecule has 0 aromatic carbocycles. The number of aliphatic hydroxyl groups is 2. The van der Waals surface area contributed by atoms with Gasteiger partial charge in [-0.2, -0.15) is 0 Å². The highest BCUT2D eigenvalue weighted by atomic mass is 16.5. The SMILES string of the molecule is CCCCC/C=C\C/C=C\CCCCCCCC(=O)OCCCCCCCCCCCCCCCCCCCC/C=C\CCCCCCCCCCCCCCCCCCCC(=O)NC(CO)C(O)CCCCCCCCCCCC. The molecule has 478 valence electrons. The molecule has 0 saturated heterocycles. The van der Waals surface area contributed by atoms with Crippen LogP contribution in [0.5, 0.6) is 0 Å². The molecule has 0 aromatic heterocycles. The highest BCUT2D eigenvalue weighted by Crippen LogP contribution is 2.19. The number of amides is 1. The first-order valence-electron chi connectivity index (χ1n) is 36.7. The summed E-state index contributed by atoms with van der Waals surface area (Å²) in [6.07, 6.45) is 90.9. The molecule has 2 atom stereocenters. The van der Waals surface area contributed by atoms with E-state index in [0.29, 0.717) is 25.9 Å². The summed E-state index contributed by atoms with van der Waals surface area (Å²) in [6.45, 7) is 4.93. The van der Waals surface area contributed by atoms with Gasteiger partial charge in [0.2, 0.25) is 5.91 Å². The maximum absolute atomic E-state index is 12.5. The number of allylic oxidation sites excluding steroid dienone is 6. The minimum absolute atomic E-state index is 0.00865. The number of carbonyl (C=O) groups is 2. The lowest BCUT2D eigenvalue weighted by atomic mass is 10.0. The second kappa shape index (κ2) is 70.6. The molecule has 0 saturated carbocycles. The fourth-order valence-electron chi connectivity index (χ4n) is 11.6. The van der Waals surface area contributed by atoms with Gasteiger partial charge in [-0.05, 0) is 83.5 Å². The lowest BCUT2D eigenvalue weighted by Gasteiger charge is -2.22. The Balaban J connectivity index is 3.30. The number of ether oxygens (including phenoxy) is 1. The zero-order valence-electron chi connectivity index (χ0n) is 54.8. The van der Waals surface area contributed by atoms with Crippen LogP contribution >= 0.6 is 0 Å². The van der Waals surface area contributed by atoms with Gasteiger partial charge in [0.15, 0.2) is 0 Å². The molecule has 6 nitrogen and oxygen atoms in total. The second-order valence-electron chi connectivity index (χ2n) is 25.3. The van der Waals surface area contributed by atoms with Crippen LogP contribution in [0.15, 0.2) is 36.5 Å². The van der Waals surface area contributed by atoms with Gasteiger partial charge in [-0.25, -0.2) is 0 Å². The van der Waals surface area contributed by atoms with Crippen molar-refractivity contribution in [1.82, 2.24) is 5.32 Å². The molecule has 6 heteroatoms. The molecule has 2 unspecified atom stereocenters. The zero-order chi connectivity index (χ0) is 58.5. The molecule has 0 aliphatic carbocycles. The van der Waals surface area contributed by atoms with Crippen LogP contribution in [0.2, 0.25) is 0 Å². The number of carbonyl (C=O) groups excluding carboxylic acids is 2. The molecule has 0 aliphatic rings. The third kappa shape index (κ3) is 67.1. The van der Waals surface area contributed by atoms with E-state index < -0.39 is 12.1 Å². The summed E-state index contributed by atoms with van der Waals surface area (Å²) in [5, 5.41) is 23.2. The Morgan fingerprint density at radius 1 is 0.346 bits per heavy atom. The largest absolute Gasteiger partial charge is 0.466 e. The van der Waals surface area contributed by atoms with Crippen LogP contribution in [0, 0.1) is 0 Å². The third-order valence-corrected chi connectivity index (χ3v) is 17.2. The van der Waals surface area contributed by atoms with E-state index in [1.54, 1.807) is 0 Å². The molecular weight excluding hydrogens is 995 g/mol. The summed E-state index contributed by atoms with van der Waals surface area (Å²) in [5.41, 5.74) is 0. The van der Waals surface area contributed by atoms with Crippen molar-refractivity contribution >= 4 is 11.9 Å². The van der Waals surface area contributed by atoms with Gasteiger partial charge in [0.05, 0.1) is 25.4 Å². The Kier molecular flexibility index (Phi) is 68.9. The summed E-state index contributed by atoms with van der Waals surface area (Å²) in [6, 6.07) is -0.536. The summed E-state index contributed by atoms with van der Waals surface area (Å²) < 4.78 is 5.49. The molecule has 0 rings (SSSR count). The van der Waals surface area contributed by atoms with E-state index in [1.807, 2.05) is 0 Å². The first kappa shape index (κ1) is 79.1. The number of esters is 1. The van der Waals surface area contributed by atoms with Crippen LogP contribution in [0.1, 0.15) is 406 Å². The maximum atomic E-state index is 12.5. The molecule has 0 heterocycles. The summed E-state index contributed by atoms with van der Waals surface area (Å²) in [7, 11) is 0. The van der Waals surface area contributed by atoms with Gasteiger partial charge < -0.3 is 20.3 Å². The first-order valence-corrected chi connectivity index (χ1v) is 36.7. The Hall–Kier alpha value is -1.92. The van der Waals surface area contributed by atoms with Crippen molar-refractivity contribution in [2.75, 3.05) is 13.2 Å². The van der Waals surface area contributed by atoms with Crippen LogP contribution in [0.25, 0.3) is 0 Å². The fraction of sp³-hybridized carbons (Fsp3) is 0.893. The second-order valence-corrected chi connectivity index (χ2v) is 25.3. The standard InChI is InChI=1S/C75H143NO5/c1-3-5-7-9-11-13-15-16-42-46-49-53-57-61-65-69-75(80)81-70-66-62-58-54-50-47-44-41-39-37-35-33-31-29-27-25-23-21-19-17-18-20-22-24-26-28-30-32-34-36-38-40-43-45-48-52-56-60-64-68-74(79)76-72(71-77)73(78)67-63-59-55-51-14-12-10-8-6-4-2/h11,13,16-18,42,72-73,77-78H,3-10,12,14-15,19-41,43-71H2,1-2H3,(H,76,79)/b13-11-,18-17-,42-16-. The van der Waals surface area contributed by atoms with Gasteiger partial charge >= 0.3 is 5.97 Å². The van der Waals surface area contributed by atoms with E-state index in [0.717, 1.165) is 51.4 Å². The van der Waals surface area contributed by atoms with E-state index >= 15 is 0 Å². The molecule has 0 radical (unpaired) electrons. The number of rotatable bonds is 69. The van der Waals surface area contributed by atoms with E-state index in [9.17, 15) is 19.8 Å². The number of hydrogen-bond donors (Lipinski definition) is 3. The van der Waals surface area contributed by atoms with Gasteiger partial charge in [0.1, 0.15) is 0 Å². The van der Waals surface area contributed by atoms with Gasteiger partial charge in [0, 0.05) is 12.8 Å². The molecular formula is C75H143NO5. The van der Waals surface area contributed by atoms with E-state index in [4.69, 9.17) is 4.74 Å². The van der Waals surface area contributed by atoms with Gasteiger partial charge in [-0.3, -0.25) is 9.59 Å². The van der Waals surface area contributed by atoms with Crippen LogP contribution in [0.3, 0.4) is 0 Å². The molecule has 0 aliphatic heterocycles. The van der Waals surface area contributed by atoms with Crippen LogP contribution in [-0.4, -0.2) is 47.4 Å². The van der Waals surface area contributed by atoms with E-state index in [-0.39, 0.29) is 18.5 Å². The molecule has 0 fully saturated rings. The quantitative estimate of drug-likeness (QED) is 0.0320. The highest BCUT2D eigenvalue weighted by molar-refractivity contribution is 5.76. The molecule has 81 heavy (non-hydrogen) atoms. The van der Waals surface area contributed by atoms with Crippen LogP contribution < -0.4 is 5.32 Å². The molecule has 0 aromatic rings. The predicted molar refractivity (Wildman–Crippen MR) is 356 cm³/mol. The first-order chi connectivity index (χ1) is 40.0. The Labute approximate surface area is 506 Å². The van der Waals surface area contributed by atoms with Crippen molar-refractivity contribution < 1.29 is 24.5 Å². The van der Waals surface area contributed by atoms with Crippen LogP contribution in [-0.2, 0) is 14.3 Å². The monoisotopic (exact) mass is 1140 g/mol. The van der Waals surface area contributed by atoms with Gasteiger partial charge in [-0.1, -0.05) is 346 Å². The van der Waals surface area contributed by atoms with Gasteiger partial charge in [0.25, 0.3) is 0 Å². The Bertz CT molecular complexity index is 1310. The van der Waals surface area contributed by atoms with E-state index in [2.05, 4.69) is 55.6 Å². The normalized spacial score (nSPS) is 12.7. The summed E-state index contributed by atoms with van der Waals surface area (Å²) in [4.78, 5) is 24.5. The topological polar surface area (TPSA) is 95.9 Å². The number of unbranched alkanes of at least 4 members (excludes halogenated alkanes) is 52.